The van der Waals surface area contributed by atoms with Crippen LogP contribution in [0.3, 0.4) is 0 Å². The van der Waals surface area contributed by atoms with E-state index in [2.05, 4.69) is 93.9 Å². The molecule has 0 fully saturated rings. The van der Waals surface area contributed by atoms with Crippen molar-refractivity contribution in [3.05, 3.63) is 53.6 Å². The van der Waals surface area contributed by atoms with Crippen molar-refractivity contribution < 1.29 is 0 Å². The summed E-state index contributed by atoms with van der Waals surface area (Å²) in [6.07, 6.45) is 3.16. The Balaban J connectivity index is 1.80. The van der Waals surface area contributed by atoms with Crippen LogP contribution in [-0.2, 0) is 0 Å². The quantitative estimate of drug-likeness (QED) is 0.606. The molecule has 3 heteroatoms. The lowest BCUT2D eigenvalue weighted by atomic mass is 9.80. The second-order valence-corrected chi connectivity index (χ2v) is 8.24. The molecule has 3 rings (SSSR count). The minimum absolute atomic E-state index is 0.203. The van der Waals surface area contributed by atoms with Crippen LogP contribution in [0, 0.1) is 0 Å². The summed E-state index contributed by atoms with van der Waals surface area (Å²) in [6, 6.07) is 15.2. The summed E-state index contributed by atoms with van der Waals surface area (Å²) in [4.78, 5) is 9.45. The molecule has 1 aliphatic rings. The van der Waals surface area contributed by atoms with E-state index in [1.54, 1.807) is 0 Å². The number of fused-ring (bicyclic) bond motifs is 1. The normalized spacial score (nSPS) is 18.6. The zero-order valence-electron chi connectivity index (χ0n) is 17.7. The van der Waals surface area contributed by atoms with Gasteiger partial charge < -0.3 is 9.80 Å². The van der Waals surface area contributed by atoms with Crippen LogP contribution in [0.15, 0.2) is 47.5 Å². The van der Waals surface area contributed by atoms with Crippen molar-refractivity contribution in [3.8, 4) is 0 Å². The summed E-state index contributed by atoms with van der Waals surface area (Å²) in [5, 5.41) is 0. The summed E-state index contributed by atoms with van der Waals surface area (Å²) in [5.74, 6) is 0.563. The van der Waals surface area contributed by atoms with Crippen LogP contribution < -0.4 is 9.80 Å². The van der Waals surface area contributed by atoms with Gasteiger partial charge in [0.1, 0.15) is 0 Å². The number of rotatable bonds is 5. The second kappa shape index (κ2) is 7.75. The highest BCUT2D eigenvalue weighted by atomic mass is 15.2. The van der Waals surface area contributed by atoms with Crippen LogP contribution in [0.4, 0.5) is 17.1 Å². The van der Waals surface area contributed by atoms with E-state index in [1.807, 2.05) is 6.21 Å². The number of nitrogens with zero attached hydrogens (tertiary/aromatic N) is 3. The van der Waals surface area contributed by atoms with Gasteiger partial charge in [-0.25, -0.2) is 0 Å². The van der Waals surface area contributed by atoms with Crippen molar-refractivity contribution in [2.24, 2.45) is 4.99 Å². The highest BCUT2D eigenvalue weighted by Gasteiger charge is 2.33. The highest BCUT2D eigenvalue weighted by Crippen LogP contribution is 2.42. The van der Waals surface area contributed by atoms with Gasteiger partial charge in [0.05, 0.1) is 5.69 Å². The monoisotopic (exact) mass is 363 g/mol. The van der Waals surface area contributed by atoms with Crippen LogP contribution in [0.25, 0.3) is 0 Å². The van der Waals surface area contributed by atoms with Gasteiger partial charge in [-0.3, -0.25) is 4.99 Å². The van der Waals surface area contributed by atoms with Gasteiger partial charge in [-0.2, -0.15) is 0 Å². The average molecular weight is 364 g/mol. The molecule has 0 bridgehead atoms. The Morgan fingerprint density at radius 2 is 1.78 bits per heavy atom. The van der Waals surface area contributed by atoms with E-state index >= 15 is 0 Å². The van der Waals surface area contributed by atoms with E-state index in [-0.39, 0.29) is 5.54 Å². The first kappa shape index (κ1) is 19.5. The van der Waals surface area contributed by atoms with Gasteiger partial charge >= 0.3 is 0 Å². The first-order chi connectivity index (χ1) is 12.9. The van der Waals surface area contributed by atoms with Crippen LogP contribution in [0.1, 0.15) is 58.1 Å². The number of anilines is 2. The molecule has 1 heterocycles. The van der Waals surface area contributed by atoms with Crippen LogP contribution in [-0.4, -0.2) is 31.9 Å². The Hall–Kier alpha value is -2.29. The molecule has 1 unspecified atom stereocenters. The zero-order chi connectivity index (χ0) is 19.6. The number of hydrogen-bond donors (Lipinski definition) is 0. The van der Waals surface area contributed by atoms with E-state index < -0.39 is 0 Å². The molecule has 3 nitrogen and oxygen atoms in total. The van der Waals surface area contributed by atoms with Gasteiger partial charge in [0, 0.05) is 43.3 Å². The van der Waals surface area contributed by atoms with Crippen molar-refractivity contribution in [1.29, 1.82) is 0 Å². The van der Waals surface area contributed by atoms with E-state index in [9.17, 15) is 0 Å². The molecule has 1 atom stereocenters. The molecule has 0 spiro atoms. The molecule has 2 aromatic carbocycles. The summed E-state index contributed by atoms with van der Waals surface area (Å²) >= 11 is 0. The van der Waals surface area contributed by atoms with Crippen LogP contribution in [0.5, 0.6) is 0 Å². The molecule has 0 aromatic heterocycles. The molecule has 0 saturated heterocycles. The maximum Gasteiger partial charge on any atom is 0.0631 e. The third-order valence-corrected chi connectivity index (χ3v) is 6.00. The van der Waals surface area contributed by atoms with Crippen molar-refractivity contribution in [1.82, 2.24) is 0 Å². The first-order valence-corrected chi connectivity index (χ1v) is 10.1. The Kier molecular flexibility index (Phi) is 5.59. The lowest BCUT2D eigenvalue weighted by Crippen LogP contribution is -2.45. The molecule has 144 valence electrons. The summed E-state index contributed by atoms with van der Waals surface area (Å²) in [7, 11) is 2.20. The molecule has 0 N–H and O–H groups in total. The maximum atomic E-state index is 4.69. The Morgan fingerprint density at radius 3 is 2.41 bits per heavy atom. The molecular weight excluding hydrogens is 330 g/mol. The first-order valence-electron chi connectivity index (χ1n) is 10.1. The van der Waals surface area contributed by atoms with E-state index in [1.165, 1.54) is 28.9 Å². The summed E-state index contributed by atoms with van der Waals surface area (Å²) < 4.78 is 0. The van der Waals surface area contributed by atoms with Gasteiger partial charge in [0.25, 0.3) is 0 Å². The Bertz CT molecular complexity index is 801. The SMILES string of the molecule is CCN(CC)c1ccc(N=Cc2ccc3c(c2)C(C)CC(C)(C)N3C)cc1. The summed E-state index contributed by atoms with van der Waals surface area (Å²) in [5.41, 5.74) is 6.40. The van der Waals surface area contributed by atoms with Gasteiger partial charge in [0.2, 0.25) is 0 Å². The minimum atomic E-state index is 0.203. The fraction of sp³-hybridized carbons (Fsp3) is 0.458. The molecule has 2 aromatic rings. The molecule has 1 aliphatic heterocycles. The molecular formula is C24H33N3. The van der Waals surface area contributed by atoms with Gasteiger partial charge in [0.15, 0.2) is 0 Å². The predicted molar refractivity (Wildman–Crippen MR) is 119 cm³/mol. The third kappa shape index (κ3) is 4.02. The largest absolute Gasteiger partial charge is 0.372 e. The smallest absolute Gasteiger partial charge is 0.0631 e. The Labute approximate surface area is 164 Å². The van der Waals surface area contributed by atoms with Gasteiger partial charge in [-0.15, -0.1) is 0 Å². The topological polar surface area (TPSA) is 18.8 Å². The van der Waals surface area contributed by atoms with Gasteiger partial charge in [-0.1, -0.05) is 13.0 Å². The van der Waals surface area contributed by atoms with Crippen molar-refractivity contribution >= 4 is 23.3 Å². The van der Waals surface area contributed by atoms with Crippen molar-refractivity contribution in [2.75, 3.05) is 29.9 Å². The zero-order valence-corrected chi connectivity index (χ0v) is 17.7. The van der Waals surface area contributed by atoms with Crippen molar-refractivity contribution in [3.63, 3.8) is 0 Å². The van der Waals surface area contributed by atoms with Crippen LogP contribution >= 0.6 is 0 Å². The lowest BCUT2D eigenvalue weighted by molar-refractivity contribution is 0.395. The minimum Gasteiger partial charge on any atom is -0.372 e. The third-order valence-electron chi connectivity index (χ3n) is 6.00. The standard InChI is InChI=1S/C24H33N3/c1-7-27(8-2)21-12-10-20(11-13-21)25-17-19-9-14-23-22(15-19)18(3)16-24(4,5)26(23)6/h9-15,17-18H,7-8,16H2,1-6H3. The molecule has 0 aliphatic carbocycles. The van der Waals surface area contributed by atoms with E-state index in [4.69, 9.17) is 4.99 Å². The van der Waals surface area contributed by atoms with Crippen molar-refractivity contribution in [2.45, 2.75) is 52.5 Å². The Morgan fingerprint density at radius 1 is 1.11 bits per heavy atom. The van der Waals surface area contributed by atoms with Gasteiger partial charge in [-0.05, 0) is 87.6 Å². The molecule has 0 amide bonds. The summed E-state index contributed by atoms with van der Waals surface area (Å²) in [6.45, 7) is 13.4. The molecule has 0 radical (unpaired) electrons. The highest BCUT2D eigenvalue weighted by molar-refractivity contribution is 5.84. The number of hydrogen-bond acceptors (Lipinski definition) is 3. The van der Waals surface area contributed by atoms with E-state index in [0.717, 1.165) is 18.8 Å². The average Bonchev–Trinajstić information content (AvgIpc) is 2.66. The van der Waals surface area contributed by atoms with Crippen LogP contribution in [0.2, 0.25) is 0 Å². The fourth-order valence-corrected chi connectivity index (χ4v) is 4.16. The van der Waals surface area contributed by atoms with E-state index in [0.29, 0.717) is 5.92 Å². The second-order valence-electron chi connectivity index (χ2n) is 8.24. The molecule has 0 saturated carbocycles. The fourth-order valence-electron chi connectivity index (χ4n) is 4.16. The number of benzene rings is 2. The predicted octanol–water partition coefficient (Wildman–Crippen LogP) is 6.01. The molecule has 27 heavy (non-hydrogen) atoms. The maximum absolute atomic E-state index is 4.69. The number of aliphatic imine (C=N–C) groups is 1. The lowest BCUT2D eigenvalue weighted by Gasteiger charge is -2.45.